The van der Waals surface area contributed by atoms with Crippen LogP contribution in [0.25, 0.3) is 10.9 Å². The monoisotopic (exact) mass is 442 g/mol. The van der Waals surface area contributed by atoms with Crippen LogP contribution in [0.1, 0.15) is 24.0 Å². The maximum absolute atomic E-state index is 13.4. The van der Waals surface area contributed by atoms with Crippen LogP contribution in [-0.4, -0.2) is 44.1 Å². The van der Waals surface area contributed by atoms with E-state index < -0.39 is 10.0 Å². The van der Waals surface area contributed by atoms with Crippen LogP contribution in [0.15, 0.2) is 58.2 Å². The van der Waals surface area contributed by atoms with Gasteiger partial charge >= 0.3 is 0 Å². The molecule has 0 aliphatic carbocycles. The second-order valence-electron chi connectivity index (χ2n) is 7.82. The van der Waals surface area contributed by atoms with Gasteiger partial charge < -0.3 is 14.5 Å². The molecule has 1 N–H and O–H groups in total. The number of hydrogen-bond acceptors (Lipinski definition) is 5. The summed E-state index contributed by atoms with van der Waals surface area (Å²) in [7, 11) is -2.24. The Morgan fingerprint density at radius 2 is 1.94 bits per heavy atom. The van der Waals surface area contributed by atoms with E-state index in [4.69, 9.17) is 9.47 Å². The fourth-order valence-corrected chi connectivity index (χ4v) is 5.23. The van der Waals surface area contributed by atoms with Crippen LogP contribution in [0.5, 0.6) is 5.75 Å². The Morgan fingerprint density at radius 1 is 1.16 bits per heavy atom. The maximum atomic E-state index is 13.4. The summed E-state index contributed by atoms with van der Waals surface area (Å²) in [4.78, 5) is 15.8. The van der Waals surface area contributed by atoms with Crippen LogP contribution < -0.4 is 10.3 Å². The van der Waals surface area contributed by atoms with Crippen LogP contribution in [0.4, 0.5) is 0 Å². The normalized spacial score (nSPS) is 16.8. The Hall–Kier alpha value is -2.68. The Bertz CT molecular complexity index is 1230. The van der Waals surface area contributed by atoms with E-state index in [0.717, 1.165) is 23.8 Å². The standard InChI is InChI=1S/C23H26N2O5S/c1-16-5-9-21(10-6-16)31(27,28)25(15-20-4-3-11-30-20)14-18-12-17-7-8-19(29-2)13-22(17)24-23(18)26/h5-10,12-13,20H,3-4,11,14-15H2,1-2H3,(H,24,26)/t20-/m1/s1. The molecule has 164 valence electrons. The lowest BCUT2D eigenvalue weighted by atomic mass is 10.1. The van der Waals surface area contributed by atoms with Gasteiger partial charge in [-0.25, -0.2) is 8.42 Å². The SMILES string of the molecule is COc1ccc2cc(CN(C[C@H]3CCCO3)S(=O)(=O)c3ccc(C)cc3)c(=O)[nH]c2c1. The van der Waals surface area contributed by atoms with Crippen LogP contribution in [-0.2, 0) is 21.3 Å². The number of sulfonamides is 1. The lowest BCUT2D eigenvalue weighted by Crippen LogP contribution is -2.38. The van der Waals surface area contributed by atoms with Crippen molar-refractivity contribution in [3.8, 4) is 5.75 Å². The van der Waals surface area contributed by atoms with Gasteiger partial charge in [0.25, 0.3) is 5.56 Å². The number of fused-ring (bicyclic) bond motifs is 1. The van der Waals surface area contributed by atoms with Gasteiger partial charge in [0.05, 0.1) is 23.6 Å². The van der Waals surface area contributed by atoms with E-state index in [9.17, 15) is 13.2 Å². The predicted molar refractivity (Wildman–Crippen MR) is 119 cm³/mol. The quantitative estimate of drug-likeness (QED) is 0.607. The summed E-state index contributed by atoms with van der Waals surface area (Å²) >= 11 is 0. The lowest BCUT2D eigenvalue weighted by Gasteiger charge is -2.25. The Balaban J connectivity index is 1.71. The van der Waals surface area contributed by atoms with E-state index in [0.29, 0.717) is 23.4 Å². The Morgan fingerprint density at radius 3 is 2.61 bits per heavy atom. The van der Waals surface area contributed by atoms with Crippen molar-refractivity contribution in [1.82, 2.24) is 9.29 Å². The summed E-state index contributed by atoms with van der Waals surface area (Å²) < 4.78 is 39.1. The van der Waals surface area contributed by atoms with Gasteiger partial charge in [-0.2, -0.15) is 4.31 Å². The number of nitrogens with one attached hydrogen (secondary N) is 1. The minimum atomic E-state index is -3.80. The van der Waals surface area contributed by atoms with Crippen molar-refractivity contribution >= 4 is 20.9 Å². The first-order valence-corrected chi connectivity index (χ1v) is 11.7. The molecular weight excluding hydrogens is 416 g/mol. The van der Waals surface area contributed by atoms with Crippen LogP contribution >= 0.6 is 0 Å². The molecule has 7 nitrogen and oxygen atoms in total. The fraction of sp³-hybridized carbons (Fsp3) is 0.348. The molecule has 1 aliphatic heterocycles. The minimum absolute atomic E-state index is 0.0344. The van der Waals surface area contributed by atoms with Crippen LogP contribution in [0, 0.1) is 6.92 Å². The molecule has 1 aliphatic rings. The summed E-state index contributed by atoms with van der Waals surface area (Å²) in [6.07, 6.45) is 1.53. The number of benzene rings is 2. The predicted octanol–water partition coefficient (Wildman–Crippen LogP) is 3.22. The molecule has 0 radical (unpaired) electrons. The average molecular weight is 443 g/mol. The fourth-order valence-electron chi connectivity index (χ4n) is 3.78. The molecule has 3 aromatic rings. The summed E-state index contributed by atoms with van der Waals surface area (Å²) in [5, 5.41) is 0.806. The largest absolute Gasteiger partial charge is 0.497 e. The van der Waals surface area contributed by atoms with Crippen molar-refractivity contribution in [1.29, 1.82) is 0 Å². The van der Waals surface area contributed by atoms with Crippen molar-refractivity contribution in [2.75, 3.05) is 20.3 Å². The van der Waals surface area contributed by atoms with Gasteiger partial charge in [0, 0.05) is 31.3 Å². The van der Waals surface area contributed by atoms with Gasteiger partial charge in [0.15, 0.2) is 0 Å². The first kappa shape index (κ1) is 21.5. The van der Waals surface area contributed by atoms with E-state index in [1.807, 2.05) is 13.0 Å². The molecule has 0 amide bonds. The molecule has 2 aromatic carbocycles. The molecule has 0 unspecified atom stereocenters. The molecule has 0 bridgehead atoms. The second kappa shape index (κ2) is 8.82. The molecule has 1 aromatic heterocycles. The summed E-state index contributed by atoms with van der Waals surface area (Å²) in [6.45, 7) is 2.70. The molecule has 4 rings (SSSR count). The molecule has 1 saturated heterocycles. The first-order valence-electron chi connectivity index (χ1n) is 10.3. The zero-order valence-corrected chi connectivity index (χ0v) is 18.4. The van der Waals surface area contributed by atoms with E-state index in [1.54, 1.807) is 49.6 Å². The second-order valence-corrected chi connectivity index (χ2v) is 9.76. The van der Waals surface area contributed by atoms with Gasteiger partial charge in [0.1, 0.15) is 5.75 Å². The van der Waals surface area contributed by atoms with Gasteiger partial charge in [0.2, 0.25) is 10.0 Å². The number of rotatable bonds is 7. The van der Waals surface area contributed by atoms with E-state index in [2.05, 4.69) is 4.98 Å². The third-order valence-electron chi connectivity index (χ3n) is 5.57. The van der Waals surface area contributed by atoms with E-state index in [1.165, 1.54) is 4.31 Å². The molecule has 1 atom stereocenters. The number of aryl methyl sites for hydroxylation is 1. The molecule has 2 heterocycles. The van der Waals surface area contributed by atoms with E-state index >= 15 is 0 Å². The number of ether oxygens (including phenoxy) is 2. The smallest absolute Gasteiger partial charge is 0.252 e. The highest BCUT2D eigenvalue weighted by molar-refractivity contribution is 7.89. The van der Waals surface area contributed by atoms with Crippen molar-refractivity contribution in [3.05, 3.63) is 70.0 Å². The Labute approximate surface area is 181 Å². The maximum Gasteiger partial charge on any atom is 0.252 e. The highest BCUT2D eigenvalue weighted by Crippen LogP contribution is 2.24. The van der Waals surface area contributed by atoms with Gasteiger partial charge in [-0.15, -0.1) is 0 Å². The zero-order chi connectivity index (χ0) is 22.0. The summed E-state index contributed by atoms with van der Waals surface area (Å²) in [5.74, 6) is 0.637. The van der Waals surface area contributed by atoms with Crippen LogP contribution in [0.2, 0.25) is 0 Å². The van der Waals surface area contributed by atoms with Crippen molar-refractivity contribution in [3.63, 3.8) is 0 Å². The number of nitrogens with zero attached hydrogens (tertiary/aromatic N) is 1. The van der Waals surface area contributed by atoms with Gasteiger partial charge in [-0.05, 0) is 55.5 Å². The number of methoxy groups -OCH3 is 1. The van der Waals surface area contributed by atoms with Gasteiger partial charge in [-0.3, -0.25) is 4.79 Å². The summed E-state index contributed by atoms with van der Waals surface area (Å²) in [5.41, 5.74) is 1.68. The molecular formula is C23H26N2O5S. The minimum Gasteiger partial charge on any atom is -0.497 e. The topological polar surface area (TPSA) is 88.7 Å². The number of pyridine rings is 1. The number of hydrogen-bond donors (Lipinski definition) is 1. The van der Waals surface area contributed by atoms with Crippen LogP contribution in [0.3, 0.4) is 0 Å². The zero-order valence-electron chi connectivity index (χ0n) is 17.6. The summed E-state index contributed by atoms with van der Waals surface area (Å²) in [6, 6.07) is 13.9. The van der Waals surface area contributed by atoms with Crippen molar-refractivity contribution < 1.29 is 17.9 Å². The molecule has 31 heavy (non-hydrogen) atoms. The lowest BCUT2D eigenvalue weighted by molar-refractivity contribution is 0.0925. The highest BCUT2D eigenvalue weighted by Gasteiger charge is 2.30. The highest BCUT2D eigenvalue weighted by atomic mass is 32.2. The molecule has 8 heteroatoms. The third kappa shape index (κ3) is 4.66. The Kier molecular flexibility index (Phi) is 6.13. The van der Waals surface area contributed by atoms with Crippen molar-refractivity contribution in [2.45, 2.75) is 37.3 Å². The number of H-pyrrole nitrogens is 1. The third-order valence-corrected chi connectivity index (χ3v) is 7.39. The number of aromatic amines is 1. The first-order chi connectivity index (χ1) is 14.9. The van der Waals surface area contributed by atoms with Gasteiger partial charge in [-0.1, -0.05) is 17.7 Å². The average Bonchev–Trinajstić information content (AvgIpc) is 3.27. The molecule has 1 fully saturated rings. The number of aromatic nitrogens is 1. The molecule has 0 spiro atoms. The van der Waals surface area contributed by atoms with E-state index in [-0.39, 0.29) is 29.6 Å². The molecule has 0 saturated carbocycles. The van der Waals surface area contributed by atoms with Crippen molar-refractivity contribution in [2.24, 2.45) is 0 Å².